The first-order valence-electron chi connectivity index (χ1n) is 7.12. The second-order valence-corrected chi connectivity index (χ2v) is 7.56. The summed E-state index contributed by atoms with van der Waals surface area (Å²) in [5.74, 6) is 1.19. The lowest BCUT2D eigenvalue weighted by Crippen LogP contribution is -2.19. The molecule has 2 N–H and O–H groups in total. The number of nitrogens with two attached hydrogens (primary N) is 1. The Morgan fingerprint density at radius 1 is 1.33 bits per heavy atom. The van der Waals surface area contributed by atoms with Crippen molar-refractivity contribution in [1.82, 2.24) is 9.55 Å². The van der Waals surface area contributed by atoms with Gasteiger partial charge >= 0.3 is 0 Å². The first-order valence-corrected chi connectivity index (χ1v) is 7.92. The molecule has 0 unspecified atom stereocenters. The lowest BCUT2D eigenvalue weighted by molar-refractivity contribution is 0.504. The van der Waals surface area contributed by atoms with Crippen molar-refractivity contribution >= 4 is 21.7 Å². The standard InChI is InChI=1S/C16H19BrFN3/c1-16(2,3)15-20-13(14(19)21(15)10-5-6-10)11-7-4-9(17)8-12(11)18/h4,7-8,10H,5-6,19H2,1-3H3. The summed E-state index contributed by atoms with van der Waals surface area (Å²) in [6, 6.07) is 5.40. The van der Waals surface area contributed by atoms with E-state index in [4.69, 9.17) is 5.73 Å². The molecule has 5 heteroatoms. The predicted molar refractivity (Wildman–Crippen MR) is 86.7 cm³/mol. The third kappa shape index (κ3) is 2.59. The van der Waals surface area contributed by atoms with Gasteiger partial charge in [-0.15, -0.1) is 0 Å². The van der Waals surface area contributed by atoms with E-state index in [0.717, 1.165) is 18.7 Å². The van der Waals surface area contributed by atoms with Crippen LogP contribution in [0, 0.1) is 5.82 Å². The zero-order valence-electron chi connectivity index (χ0n) is 12.5. The molecular weight excluding hydrogens is 333 g/mol. The molecule has 2 aromatic rings. The van der Waals surface area contributed by atoms with Crippen molar-refractivity contribution in [3.05, 3.63) is 34.3 Å². The molecule has 0 bridgehead atoms. The summed E-state index contributed by atoms with van der Waals surface area (Å²) in [6.07, 6.45) is 2.23. The SMILES string of the molecule is CC(C)(C)c1nc(-c2ccc(Br)cc2F)c(N)n1C1CC1. The Labute approximate surface area is 132 Å². The highest BCUT2D eigenvalue weighted by Crippen LogP contribution is 2.43. The van der Waals surface area contributed by atoms with Crippen molar-refractivity contribution in [2.24, 2.45) is 0 Å². The van der Waals surface area contributed by atoms with Crippen LogP contribution in [0.4, 0.5) is 10.2 Å². The first-order chi connectivity index (χ1) is 9.79. The molecule has 1 aliphatic carbocycles. The third-order valence-electron chi connectivity index (χ3n) is 3.72. The van der Waals surface area contributed by atoms with Gasteiger partial charge < -0.3 is 10.3 Å². The maximum absolute atomic E-state index is 14.2. The van der Waals surface area contributed by atoms with Crippen LogP contribution in [0.25, 0.3) is 11.3 Å². The van der Waals surface area contributed by atoms with Gasteiger partial charge in [0, 0.05) is 21.5 Å². The van der Waals surface area contributed by atoms with E-state index in [2.05, 4.69) is 46.3 Å². The number of nitrogens with zero attached hydrogens (tertiary/aromatic N) is 2. The molecule has 0 atom stereocenters. The fourth-order valence-corrected chi connectivity index (χ4v) is 2.89. The Morgan fingerprint density at radius 2 is 2.00 bits per heavy atom. The van der Waals surface area contributed by atoms with Crippen LogP contribution < -0.4 is 5.73 Å². The molecule has 0 amide bonds. The Hall–Kier alpha value is -1.36. The topological polar surface area (TPSA) is 43.8 Å². The van der Waals surface area contributed by atoms with Crippen molar-refractivity contribution < 1.29 is 4.39 Å². The van der Waals surface area contributed by atoms with E-state index in [0.29, 0.717) is 27.6 Å². The van der Waals surface area contributed by atoms with Gasteiger partial charge in [-0.05, 0) is 31.0 Å². The quantitative estimate of drug-likeness (QED) is 0.854. The van der Waals surface area contributed by atoms with E-state index in [-0.39, 0.29) is 11.2 Å². The van der Waals surface area contributed by atoms with Crippen LogP contribution in [0.2, 0.25) is 0 Å². The molecule has 0 saturated heterocycles. The van der Waals surface area contributed by atoms with Gasteiger partial charge in [-0.1, -0.05) is 36.7 Å². The Morgan fingerprint density at radius 3 is 2.52 bits per heavy atom. The number of aromatic nitrogens is 2. The van der Waals surface area contributed by atoms with E-state index < -0.39 is 0 Å². The molecule has 1 aromatic carbocycles. The van der Waals surface area contributed by atoms with E-state index in [1.807, 2.05) is 6.07 Å². The highest BCUT2D eigenvalue weighted by atomic mass is 79.9. The zero-order chi connectivity index (χ0) is 15.4. The largest absolute Gasteiger partial charge is 0.383 e. The fraction of sp³-hybridized carbons (Fsp3) is 0.438. The minimum atomic E-state index is -0.308. The molecule has 1 aliphatic rings. The van der Waals surface area contributed by atoms with E-state index >= 15 is 0 Å². The molecule has 112 valence electrons. The third-order valence-corrected chi connectivity index (χ3v) is 4.21. The molecular formula is C16H19BrFN3. The summed E-state index contributed by atoms with van der Waals surface area (Å²) in [7, 11) is 0. The number of hydrogen-bond acceptors (Lipinski definition) is 2. The van der Waals surface area contributed by atoms with E-state index in [1.54, 1.807) is 6.07 Å². The number of rotatable bonds is 2. The van der Waals surface area contributed by atoms with Crippen LogP contribution in [-0.4, -0.2) is 9.55 Å². The fourth-order valence-electron chi connectivity index (χ4n) is 2.56. The van der Waals surface area contributed by atoms with Crippen LogP contribution in [0.1, 0.15) is 45.5 Å². The van der Waals surface area contributed by atoms with E-state index in [1.165, 1.54) is 6.07 Å². The summed E-state index contributed by atoms with van der Waals surface area (Å²) >= 11 is 3.28. The lowest BCUT2D eigenvalue weighted by atomic mass is 9.95. The van der Waals surface area contributed by atoms with Crippen molar-refractivity contribution in [3.63, 3.8) is 0 Å². The van der Waals surface area contributed by atoms with Crippen LogP contribution in [0.3, 0.4) is 0 Å². The second-order valence-electron chi connectivity index (χ2n) is 6.64. The normalized spacial score (nSPS) is 15.5. The molecule has 0 spiro atoms. The number of imidazole rings is 1. The minimum absolute atomic E-state index is 0.124. The maximum atomic E-state index is 14.2. The van der Waals surface area contributed by atoms with Crippen molar-refractivity contribution in [2.45, 2.75) is 45.1 Å². The van der Waals surface area contributed by atoms with Gasteiger partial charge in [0.05, 0.1) is 0 Å². The average molecular weight is 352 g/mol. The highest BCUT2D eigenvalue weighted by molar-refractivity contribution is 9.10. The average Bonchev–Trinajstić information content (AvgIpc) is 3.13. The second kappa shape index (κ2) is 4.83. The van der Waals surface area contributed by atoms with E-state index in [9.17, 15) is 4.39 Å². The summed E-state index contributed by atoms with van der Waals surface area (Å²) in [5, 5.41) is 0. The molecule has 3 nitrogen and oxygen atoms in total. The smallest absolute Gasteiger partial charge is 0.133 e. The van der Waals surface area contributed by atoms with Gasteiger partial charge in [-0.25, -0.2) is 9.37 Å². The van der Waals surface area contributed by atoms with Gasteiger partial charge in [0.1, 0.15) is 23.2 Å². The van der Waals surface area contributed by atoms with Gasteiger partial charge in [0.15, 0.2) is 0 Å². The number of anilines is 1. The lowest BCUT2D eigenvalue weighted by Gasteiger charge is -2.20. The highest BCUT2D eigenvalue weighted by Gasteiger charge is 2.34. The Balaban J connectivity index is 2.20. The zero-order valence-corrected chi connectivity index (χ0v) is 14.0. The monoisotopic (exact) mass is 351 g/mol. The van der Waals surface area contributed by atoms with Gasteiger partial charge in [-0.2, -0.15) is 0 Å². The van der Waals surface area contributed by atoms with Gasteiger partial charge in [-0.3, -0.25) is 0 Å². The summed E-state index contributed by atoms with van der Waals surface area (Å²) in [5.41, 5.74) is 7.19. The van der Waals surface area contributed by atoms with Crippen molar-refractivity contribution in [2.75, 3.05) is 5.73 Å². The number of halogens is 2. The Bertz CT molecular complexity index is 696. The number of hydrogen-bond donors (Lipinski definition) is 1. The Kier molecular flexibility index (Phi) is 3.35. The van der Waals surface area contributed by atoms with Crippen molar-refractivity contribution in [3.8, 4) is 11.3 Å². The predicted octanol–water partition coefficient (Wildman–Crippen LogP) is 4.67. The molecule has 1 aromatic heterocycles. The summed E-state index contributed by atoms with van der Waals surface area (Å²) < 4.78 is 17.0. The molecule has 3 rings (SSSR count). The molecule has 1 fully saturated rings. The molecule has 0 aliphatic heterocycles. The molecule has 1 saturated carbocycles. The summed E-state index contributed by atoms with van der Waals surface area (Å²) in [6.45, 7) is 6.32. The summed E-state index contributed by atoms with van der Waals surface area (Å²) in [4.78, 5) is 4.69. The number of nitrogen functional groups attached to an aromatic ring is 1. The molecule has 0 radical (unpaired) electrons. The van der Waals surface area contributed by atoms with Crippen LogP contribution in [0.5, 0.6) is 0 Å². The minimum Gasteiger partial charge on any atom is -0.383 e. The molecule has 1 heterocycles. The number of benzene rings is 1. The molecule has 21 heavy (non-hydrogen) atoms. The van der Waals surface area contributed by atoms with Crippen LogP contribution >= 0.6 is 15.9 Å². The van der Waals surface area contributed by atoms with Gasteiger partial charge in [0.25, 0.3) is 0 Å². The van der Waals surface area contributed by atoms with Crippen molar-refractivity contribution in [1.29, 1.82) is 0 Å². The van der Waals surface area contributed by atoms with Crippen LogP contribution in [0.15, 0.2) is 22.7 Å². The van der Waals surface area contributed by atoms with Crippen LogP contribution in [-0.2, 0) is 5.41 Å². The van der Waals surface area contributed by atoms with Gasteiger partial charge in [0.2, 0.25) is 0 Å². The first kappa shape index (κ1) is 14.6. The maximum Gasteiger partial charge on any atom is 0.133 e.